The summed E-state index contributed by atoms with van der Waals surface area (Å²) in [5.74, 6) is -1.11. The summed E-state index contributed by atoms with van der Waals surface area (Å²) in [6.45, 7) is 0.185. The van der Waals surface area contributed by atoms with Crippen LogP contribution in [-0.2, 0) is 4.79 Å². The maximum absolute atomic E-state index is 13.3. The Labute approximate surface area is 178 Å². The fourth-order valence-electron chi connectivity index (χ4n) is 2.97. The van der Waals surface area contributed by atoms with E-state index in [1.165, 1.54) is 10.6 Å². The molecule has 1 aliphatic heterocycles. The molecule has 3 heterocycles. The fourth-order valence-corrected chi connectivity index (χ4v) is 3.66. The molecule has 0 saturated heterocycles. The van der Waals surface area contributed by atoms with E-state index in [1.807, 2.05) is 24.3 Å². The normalized spacial score (nSPS) is 12.3. The van der Waals surface area contributed by atoms with Crippen molar-refractivity contribution in [2.24, 2.45) is 0 Å². The Hall–Kier alpha value is -3.73. The van der Waals surface area contributed by atoms with Gasteiger partial charge in [0.15, 0.2) is 28.8 Å². The van der Waals surface area contributed by atoms with Gasteiger partial charge >= 0.3 is 0 Å². The van der Waals surface area contributed by atoms with Gasteiger partial charge in [0.2, 0.25) is 17.9 Å². The lowest BCUT2D eigenvalue weighted by molar-refractivity contribution is -0.113. The van der Waals surface area contributed by atoms with Crippen LogP contribution in [0.25, 0.3) is 16.9 Å². The topological polar surface area (TPSA) is 90.6 Å². The number of nitrogens with zero attached hydrogens (tertiary/aromatic N) is 4. The molecule has 5 rings (SSSR count). The molecule has 2 aromatic carbocycles. The minimum atomic E-state index is -1.03. The summed E-state index contributed by atoms with van der Waals surface area (Å²) in [4.78, 5) is 12.2. The minimum Gasteiger partial charge on any atom is -0.454 e. The van der Waals surface area contributed by atoms with E-state index in [0.29, 0.717) is 28.0 Å². The van der Waals surface area contributed by atoms with E-state index in [0.717, 1.165) is 29.5 Å². The number of anilines is 1. The molecule has 0 spiro atoms. The smallest absolute Gasteiger partial charge is 0.234 e. The van der Waals surface area contributed by atoms with E-state index in [4.69, 9.17) is 9.47 Å². The lowest BCUT2D eigenvalue weighted by atomic mass is 10.1. The molecule has 0 bridgehead atoms. The number of nitrogens with one attached hydrogen (secondary N) is 1. The number of fused-ring (bicyclic) bond motifs is 2. The quantitative estimate of drug-likeness (QED) is 0.474. The van der Waals surface area contributed by atoms with Crippen LogP contribution in [-0.4, -0.2) is 38.3 Å². The number of hydrogen-bond donors (Lipinski definition) is 1. The average molecular weight is 441 g/mol. The van der Waals surface area contributed by atoms with Crippen molar-refractivity contribution in [3.63, 3.8) is 0 Å². The highest BCUT2D eigenvalue weighted by molar-refractivity contribution is 7.99. The van der Waals surface area contributed by atoms with Crippen molar-refractivity contribution >= 4 is 29.0 Å². The maximum Gasteiger partial charge on any atom is 0.234 e. The molecule has 0 fully saturated rings. The predicted molar refractivity (Wildman–Crippen MR) is 108 cm³/mol. The summed E-state index contributed by atoms with van der Waals surface area (Å²) >= 11 is 1.12. The highest BCUT2D eigenvalue weighted by Crippen LogP contribution is 2.35. The molecule has 1 aliphatic rings. The number of halogens is 2. The molecular weight excluding hydrogens is 428 g/mol. The second-order valence-corrected chi connectivity index (χ2v) is 7.45. The first-order chi connectivity index (χ1) is 15.1. The standard InChI is InChI=1S/C20H13F2N5O3S/c21-13-3-2-12(8-14(13)22)23-19(28)9-31-20-25-24-18-6-4-15(26-27(18)20)11-1-5-16-17(7-11)30-10-29-16/h1-8H,9-10H2,(H,23,28). The highest BCUT2D eigenvalue weighted by Gasteiger charge is 2.16. The van der Waals surface area contributed by atoms with Gasteiger partial charge in [-0.3, -0.25) is 4.79 Å². The van der Waals surface area contributed by atoms with Gasteiger partial charge in [-0.25, -0.2) is 8.78 Å². The second-order valence-electron chi connectivity index (χ2n) is 6.50. The molecule has 0 aliphatic carbocycles. The summed E-state index contributed by atoms with van der Waals surface area (Å²) in [6.07, 6.45) is 0. The third kappa shape index (κ3) is 3.87. The largest absolute Gasteiger partial charge is 0.454 e. The summed E-state index contributed by atoms with van der Waals surface area (Å²) in [5, 5.41) is 15.6. The second kappa shape index (κ2) is 7.84. The van der Waals surface area contributed by atoms with Crippen molar-refractivity contribution in [2.45, 2.75) is 5.16 Å². The van der Waals surface area contributed by atoms with Crippen molar-refractivity contribution in [1.29, 1.82) is 0 Å². The lowest BCUT2D eigenvalue weighted by Gasteiger charge is -2.06. The minimum absolute atomic E-state index is 0.0181. The molecule has 1 amide bonds. The molecule has 8 nitrogen and oxygen atoms in total. The number of benzene rings is 2. The Morgan fingerprint density at radius 3 is 2.77 bits per heavy atom. The summed E-state index contributed by atoms with van der Waals surface area (Å²) in [5.41, 5.74) is 2.18. The Balaban J connectivity index is 1.32. The monoisotopic (exact) mass is 441 g/mol. The number of aromatic nitrogens is 4. The molecule has 0 saturated carbocycles. The molecule has 156 valence electrons. The molecule has 2 aromatic heterocycles. The van der Waals surface area contributed by atoms with Crippen LogP contribution in [0.5, 0.6) is 11.5 Å². The molecule has 0 radical (unpaired) electrons. The zero-order chi connectivity index (χ0) is 21.4. The van der Waals surface area contributed by atoms with E-state index in [9.17, 15) is 13.6 Å². The van der Waals surface area contributed by atoms with Crippen molar-refractivity contribution in [3.05, 3.63) is 60.2 Å². The Morgan fingerprint density at radius 1 is 1.03 bits per heavy atom. The van der Waals surface area contributed by atoms with Crippen LogP contribution < -0.4 is 14.8 Å². The van der Waals surface area contributed by atoms with Crippen LogP contribution >= 0.6 is 11.8 Å². The van der Waals surface area contributed by atoms with E-state index < -0.39 is 17.5 Å². The van der Waals surface area contributed by atoms with Gasteiger partial charge in [-0.15, -0.1) is 10.2 Å². The van der Waals surface area contributed by atoms with E-state index in [2.05, 4.69) is 20.6 Å². The van der Waals surface area contributed by atoms with Crippen molar-refractivity contribution < 1.29 is 23.0 Å². The number of carbonyl (C=O) groups excluding carboxylic acids is 1. The summed E-state index contributed by atoms with van der Waals surface area (Å²) < 4.78 is 38.6. The zero-order valence-electron chi connectivity index (χ0n) is 15.7. The third-order valence-electron chi connectivity index (χ3n) is 4.44. The molecular formula is C20H13F2N5O3S. The lowest BCUT2D eigenvalue weighted by Crippen LogP contribution is -2.14. The number of carbonyl (C=O) groups is 1. The number of hydrogen-bond acceptors (Lipinski definition) is 7. The number of ether oxygens (including phenoxy) is 2. The first-order valence-corrected chi connectivity index (χ1v) is 10.1. The predicted octanol–water partition coefficient (Wildman–Crippen LogP) is 3.53. The molecule has 31 heavy (non-hydrogen) atoms. The van der Waals surface area contributed by atoms with Crippen molar-refractivity contribution in [1.82, 2.24) is 19.8 Å². The number of rotatable bonds is 5. The zero-order valence-corrected chi connectivity index (χ0v) is 16.5. The van der Waals surface area contributed by atoms with Crippen LogP contribution in [0, 0.1) is 11.6 Å². The van der Waals surface area contributed by atoms with E-state index >= 15 is 0 Å². The molecule has 1 N–H and O–H groups in total. The van der Waals surface area contributed by atoms with Gasteiger partial charge in [-0.2, -0.15) is 9.61 Å². The summed E-state index contributed by atoms with van der Waals surface area (Å²) in [7, 11) is 0. The van der Waals surface area contributed by atoms with Gasteiger partial charge in [-0.1, -0.05) is 11.8 Å². The number of thioether (sulfide) groups is 1. The Morgan fingerprint density at radius 2 is 1.90 bits per heavy atom. The third-order valence-corrected chi connectivity index (χ3v) is 5.36. The van der Waals surface area contributed by atoms with Gasteiger partial charge in [0, 0.05) is 17.3 Å². The molecule has 11 heteroatoms. The molecule has 0 unspecified atom stereocenters. The van der Waals surface area contributed by atoms with Gasteiger partial charge in [0.05, 0.1) is 11.4 Å². The van der Waals surface area contributed by atoms with Crippen LogP contribution in [0.4, 0.5) is 14.5 Å². The van der Waals surface area contributed by atoms with Gasteiger partial charge in [0.25, 0.3) is 0 Å². The molecule has 0 atom stereocenters. The summed E-state index contributed by atoms with van der Waals surface area (Å²) in [6, 6.07) is 12.3. The van der Waals surface area contributed by atoms with Gasteiger partial charge < -0.3 is 14.8 Å². The van der Waals surface area contributed by atoms with Gasteiger partial charge in [-0.05, 0) is 42.5 Å². The first-order valence-electron chi connectivity index (χ1n) is 9.07. The number of amides is 1. The fraction of sp³-hybridized carbons (Fsp3) is 0.100. The Kier molecular flexibility index (Phi) is 4.86. The van der Waals surface area contributed by atoms with Crippen LogP contribution in [0.3, 0.4) is 0 Å². The van der Waals surface area contributed by atoms with Gasteiger partial charge in [0.1, 0.15) is 0 Å². The first kappa shape index (κ1) is 19.2. The van der Waals surface area contributed by atoms with Crippen LogP contribution in [0.2, 0.25) is 0 Å². The van der Waals surface area contributed by atoms with Crippen molar-refractivity contribution in [3.8, 4) is 22.8 Å². The van der Waals surface area contributed by atoms with E-state index in [-0.39, 0.29) is 18.2 Å². The highest BCUT2D eigenvalue weighted by atomic mass is 32.2. The average Bonchev–Trinajstić information content (AvgIpc) is 3.40. The van der Waals surface area contributed by atoms with Crippen LogP contribution in [0.1, 0.15) is 0 Å². The SMILES string of the molecule is O=C(CSc1nnc2ccc(-c3ccc4c(c3)OCO4)nn12)Nc1ccc(F)c(F)c1. The van der Waals surface area contributed by atoms with Crippen LogP contribution in [0.15, 0.2) is 53.7 Å². The Bertz CT molecular complexity index is 1310. The maximum atomic E-state index is 13.3. The van der Waals surface area contributed by atoms with E-state index in [1.54, 1.807) is 6.07 Å². The molecule has 4 aromatic rings. The van der Waals surface area contributed by atoms with Crippen molar-refractivity contribution in [2.75, 3.05) is 17.9 Å².